The molecule has 2 N–H and O–H groups in total. The zero-order valence-corrected chi connectivity index (χ0v) is 20.7. The van der Waals surface area contributed by atoms with Crippen LogP contribution >= 0.6 is 0 Å². The van der Waals surface area contributed by atoms with E-state index in [1.807, 2.05) is 78.6 Å². The molecule has 5 aromatic rings. The topological polar surface area (TPSA) is 127 Å². The summed E-state index contributed by atoms with van der Waals surface area (Å²) in [5, 5.41) is 21.6. The van der Waals surface area contributed by atoms with Gasteiger partial charge in [-0.2, -0.15) is 5.10 Å². The van der Waals surface area contributed by atoms with Crippen LogP contribution in [0, 0.1) is 0 Å². The van der Waals surface area contributed by atoms with Gasteiger partial charge in [0.2, 0.25) is 0 Å². The van der Waals surface area contributed by atoms with E-state index in [1.54, 1.807) is 12.4 Å². The molecule has 9 nitrogen and oxygen atoms in total. The predicted octanol–water partition coefficient (Wildman–Crippen LogP) is 5.21. The molecule has 0 saturated carbocycles. The van der Waals surface area contributed by atoms with Crippen LogP contribution in [0.5, 0.6) is 5.75 Å². The summed E-state index contributed by atoms with van der Waals surface area (Å²) in [6, 6.07) is 24.2. The molecule has 192 valence electrons. The van der Waals surface area contributed by atoms with E-state index in [2.05, 4.69) is 27.2 Å². The van der Waals surface area contributed by atoms with Crippen molar-refractivity contribution in [3.05, 3.63) is 97.1 Å². The first-order valence-electron chi connectivity index (χ1n) is 11.8. The lowest BCUT2D eigenvalue weighted by Gasteiger charge is -2.08. The number of carboxylic acid groups (broad SMARTS) is 2. The van der Waals surface area contributed by atoms with Crippen molar-refractivity contribution in [3.63, 3.8) is 0 Å². The molecule has 0 amide bonds. The highest BCUT2D eigenvalue weighted by Crippen LogP contribution is 2.31. The Labute approximate surface area is 219 Å². The molecule has 0 bridgehead atoms. The van der Waals surface area contributed by atoms with Gasteiger partial charge >= 0.3 is 11.9 Å². The molecule has 0 radical (unpaired) electrons. The summed E-state index contributed by atoms with van der Waals surface area (Å²) in [6.45, 7) is 0.427. The van der Waals surface area contributed by atoms with Crippen LogP contribution in [-0.4, -0.2) is 41.9 Å². The van der Waals surface area contributed by atoms with E-state index < -0.39 is 11.9 Å². The van der Waals surface area contributed by atoms with Gasteiger partial charge in [0.25, 0.3) is 0 Å². The van der Waals surface area contributed by atoms with Crippen LogP contribution in [0.4, 0.5) is 0 Å². The number of pyridine rings is 2. The third kappa shape index (κ3) is 7.01. The van der Waals surface area contributed by atoms with Crippen LogP contribution in [0.15, 0.2) is 91.4 Å². The normalized spacial score (nSPS) is 10.4. The van der Waals surface area contributed by atoms with Gasteiger partial charge < -0.3 is 14.9 Å². The number of para-hydroxylation sites is 1. The largest absolute Gasteiger partial charge is 0.487 e. The molecular formula is C29H26N4O5. The second-order valence-corrected chi connectivity index (χ2v) is 8.40. The van der Waals surface area contributed by atoms with Crippen molar-refractivity contribution >= 4 is 22.8 Å². The standard InChI is InChI=1S/C25H20N4O.C4H6O4/c1-29-16-23(18-12-14-26-15-13-18)25(28-29)20-7-10-22(11-8-20)30-17-21-9-6-19-4-2-3-5-24(19)27-21;5-3(6)1-2-4(7)8/h2-16H,17H2,1H3;1-2H2,(H,5,6)(H,7,8). The van der Waals surface area contributed by atoms with Crippen molar-refractivity contribution in [2.24, 2.45) is 7.05 Å². The van der Waals surface area contributed by atoms with Gasteiger partial charge in [-0.3, -0.25) is 19.3 Å². The van der Waals surface area contributed by atoms with Gasteiger partial charge in [0, 0.05) is 42.2 Å². The van der Waals surface area contributed by atoms with E-state index in [0.29, 0.717) is 6.61 Å². The molecule has 9 heteroatoms. The van der Waals surface area contributed by atoms with Crippen molar-refractivity contribution in [3.8, 4) is 28.1 Å². The lowest BCUT2D eigenvalue weighted by molar-refractivity contribution is -0.143. The molecule has 0 atom stereocenters. The van der Waals surface area contributed by atoms with Crippen LogP contribution in [0.3, 0.4) is 0 Å². The van der Waals surface area contributed by atoms with Gasteiger partial charge in [-0.05, 0) is 54.1 Å². The molecule has 0 unspecified atom stereocenters. The highest BCUT2D eigenvalue weighted by atomic mass is 16.5. The SMILES string of the molecule is Cn1cc(-c2ccncc2)c(-c2ccc(OCc3ccc4ccccc4n3)cc2)n1.O=C(O)CCC(=O)O. The maximum absolute atomic E-state index is 9.64. The van der Waals surface area contributed by atoms with Gasteiger partial charge in [0.1, 0.15) is 18.1 Å². The Morgan fingerprint density at radius 3 is 2.21 bits per heavy atom. The van der Waals surface area contributed by atoms with E-state index in [0.717, 1.165) is 44.7 Å². The molecule has 0 saturated heterocycles. The fourth-order valence-electron chi connectivity index (χ4n) is 3.71. The van der Waals surface area contributed by atoms with Gasteiger partial charge in [-0.25, -0.2) is 4.98 Å². The molecule has 0 fully saturated rings. The molecule has 0 spiro atoms. The van der Waals surface area contributed by atoms with Crippen LogP contribution in [0.1, 0.15) is 18.5 Å². The average Bonchev–Trinajstić information content (AvgIpc) is 3.33. The lowest BCUT2D eigenvalue weighted by Crippen LogP contribution is -2.00. The number of benzene rings is 2. The van der Waals surface area contributed by atoms with Crippen molar-refractivity contribution in [1.82, 2.24) is 19.7 Å². The van der Waals surface area contributed by atoms with Gasteiger partial charge in [-0.1, -0.05) is 24.3 Å². The number of fused-ring (bicyclic) bond motifs is 1. The monoisotopic (exact) mass is 510 g/mol. The Balaban J connectivity index is 0.000000368. The summed E-state index contributed by atoms with van der Waals surface area (Å²) < 4.78 is 7.79. The summed E-state index contributed by atoms with van der Waals surface area (Å²) in [7, 11) is 1.93. The molecular weight excluding hydrogens is 484 g/mol. The fraction of sp³-hybridized carbons (Fsp3) is 0.138. The Kier molecular flexibility index (Phi) is 8.40. The number of carbonyl (C=O) groups is 2. The minimum absolute atomic E-state index is 0.296. The Hall–Kier alpha value is -5.05. The van der Waals surface area contributed by atoms with Gasteiger partial charge in [-0.15, -0.1) is 0 Å². The number of hydrogen-bond donors (Lipinski definition) is 2. The maximum Gasteiger partial charge on any atom is 0.303 e. The van der Waals surface area contributed by atoms with Crippen molar-refractivity contribution in [2.45, 2.75) is 19.4 Å². The maximum atomic E-state index is 9.64. The molecule has 5 rings (SSSR count). The molecule has 38 heavy (non-hydrogen) atoms. The van der Waals surface area contributed by atoms with Crippen LogP contribution in [0.2, 0.25) is 0 Å². The Morgan fingerprint density at radius 2 is 1.53 bits per heavy atom. The zero-order valence-electron chi connectivity index (χ0n) is 20.7. The number of carboxylic acids is 2. The summed E-state index contributed by atoms with van der Waals surface area (Å²) in [5.74, 6) is -1.35. The number of hydrogen-bond acceptors (Lipinski definition) is 6. The molecule has 3 aromatic heterocycles. The molecule has 2 aromatic carbocycles. The van der Waals surface area contributed by atoms with E-state index >= 15 is 0 Å². The number of ether oxygens (including phenoxy) is 1. The quantitative estimate of drug-likeness (QED) is 0.291. The minimum atomic E-state index is -1.08. The highest BCUT2D eigenvalue weighted by Gasteiger charge is 2.12. The first-order valence-corrected chi connectivity index (χ1v) is 11.8. The van der Waals surface area contributed by atoms with Crippen LogP contribution in [0.25, 0.3) is 33.3 Å². The Bertz CT molecular complexity index is 1520. The van der Waals surface area contributed by atoms with Crippen molar-refractivity contribution < 1.29 is 24.5 Å². The third-order valence-corrected chi connectivity index (χ3v) is 5.54. The highest BCUT2D eigenvalue weighted by molar-refractivity contribution is 5.80. The summed E-state index contributed by atoms with van der Waals surface area (Å²) in [4.78, 5) is 28.0. The smallest absolute Gasteiger partial charge is 0.303 e. The van der Waals surface area contributed by atoms with E-state index in [4.69, 9.17) is 14.9 Å². The Morgan fingerprint density at radius 1 is 0.842 bits per heavy atom. The molecule has 0 aliphatic rings. The number of rotatable bonds is 8. The van der Waals surface area contributed by atoms with E-state index in [-0.39, 0.29) is 12.8 Å². The second kappa shape index (κ2) is 12.3. The van der Waals surface area contributed by atoms with Crippen molar-refractivity contribution in [2.75, 3.05) is 0 Å². The first kappa shape index (κ1) is 26.0. The molecule has 3 heterocycles. The van der Waals surface area contributed by atoms with Crippen molar-refractivity contribution in [1.29, 1.82) is 0 Å². The van der Waals surface area contributed by atoms with E-state index in [9.17, 15) is 9.59 Å². The van der Waals surface area contributed by atoms with Gasteiger partial charge in [0.05, 0.1) is 24.1 Å². The minimum Gasteiger partial charge on any atom is -0.487 e. The predicted molar refractivity (Wildman–Crippen MR) is 142 cm³/mol. The van der Waals surface area contributed by atoms with Crippen LogP contribution in [-0.2, 0) is 23.2 Å². The number of nitrogens with zero attached hydrogens (tertiary/aromatic N) is 4. The zero-order chi connectivity index (χ0) is 26.9. The molecule has 0 aliphatic heterocycles. The van der Waals surface area contributed by atoms with Crippen LogP contribution < -0.4 is 4.74 Å². The summed E-state index contributed by atoms with van der Waals surface area (Å²) >= 11 is 0. The first-order chi connectivity index (χ1) is 18.4. The average molecular weight is 511 g/mol. The van der Waals surface area contributed by atoms with E-state index in [1.165, 1.54) is 0 Å². The third-order valence-electron chi connectivity index (χ3n) is 5.54. The second-order valence-electron chi connectivity index (χ2n) is 8.40. The number of aliphatic carboxylic acids is 2. The number of aromatic nitrogens is 4. The molecule has 0 aliphatic carbocycles. The summed E-state index contributed by atoms with van der Waals surface area (Å²) in [5.41, 5.74) is 6.03. The lowest BCUT2D eigenvalue weighted by atomic mass is 10.0. The fourth-order valence-corrected chi connectivity index (χ4v) is 3.71. The number of aryl methyl sites for hydroxylation is 1. The summed E-state index contributed by atoms with van der Waals surface area (Å²) in [6.07, 6.45) is 5.03. The van der Waals surface area contributed by atoms with Gasteiger partial charge in [0.15, 0.2) is 0 Å².